The molecule has 0 amide bonds. The first kappa shape index (κ1) is 58.6. The lowest BCUT2D eigenvalue weighted by Gasteiger charge is -2.23. The van der Waals surface area contributed by atoms with Crippen LogP contribution < -0.4 is 64.0 Å². The van der Waals surface area contributed by atoms with E-state index in [4.69, 9.17) is 47.4 Å². The second-order valence-electron chi connectivity index (χ2n) is 18.5. The van der Waals surface area contributed by atoms with Crippen LogP contribution in [0.4, 0.5) is 0 Å². The van der Waals surface area contributed by atoms with Gasteiger partial charge in [-0.3, -0.25) is 19.3 Å². The summed E-state index contributed by atoms with van der Waals surface area (Å²) in [6.45, 7) is 5.84. The summed E-state index contributed by atoms with van der Waals surface area (Å²) < 4.78 is 60.3. The fraction of sp³-hybridized carbons (Fsp3) is 0.286. The molecule has 0 saturated heterocycles. The van der Waals surface area contributed by atoms with Crippen molar-refractivity contribution in [1.82, 2.24) is 18.6 Å². The van der Waals surface area contributed by atoms with E-state index in [0.717, 1.165) is 59.5 Å². The Labute approximate surface area is 465 Å². The van der Waals surface area contributed by atoms with Gasteiger partial charge in [-0.25, -0.2) is 0 Å². The number of aromatic nitrogens is 3. The number of fused-ring (bicyclic) bond motifs is 3. The maximum Gasteiger partial charge on any atom is 0.258 e. The highest BCUT2D eigenvalue weighted by Crippen LogP contribution is 2.38. The molecule has 0 fully saturated rings. The van der Waals surface area contributed by atoms with Crippen molar-refractivity contribution >= 4 is 32.3 Å². The number of aryl methyl sites for hydroxylation is 3. The van der Waals surface area contributed by atoms with Crippen molar-refractivity contribution in [2.75, 3.05) is 69.5 Å². The lowest BCUT2D eigenvalue weighted by molar-refractivity contribution is 0.200. The lowest BCUT2D eigenvalue weighted by atomic mass is 10.1. The largest absolute Gasteiger partial charge is 0.497 e. The Kier molecular flexibility index (Phi) is 20.5. The second kappa shape index (κ2) is 28.0. The molecule has 17 nitrogen and oxygen atoms in total. The third-order valence-corrected chi connectivity index (χ3v) is 13.2. The second-order valence-corrected chi connectivity index (χ2v) is 18.5. The SMILES string of the molecule is CCCN(CCOc1c(OC)ccc2c(=O)n(C)ccc12)Cc1cccc(OC)c1.COc1cc(COc2c(OC)ccc3c(=O)n(C)ccc23)cc(OC)c1.COc1cccc(COc2c(OC)ccc3c(=O)n(C)ccc23)c1. The summed E-state index contributed by atoms with van der Waals surface area (Å²) in [5.41, 5.74) is 2.85. The molecule has 0 aliphatic carbocycles. The van der Waals surface area contributed by atoms with Crippen LogP contribution >= 0.6 is 0 Å². The summed E-state index contributed by atoms with van der Waals surface area (Å²) in [5.74, 6) is 6.51. The molecule has 0 spiro atoms. The third-order valence-electron chi connectivity index (χ3n) is 13.2. The van der Waals surface area contributed by atoms with Gasteiger partial charge in [0, 0.05) is 75.0 Å². The molecular weight excluding hydrogens is 1020 g/mol. The van der Waals surface area contributed by atoms with Gasteiger partial charge in [0.2, 0.25) is 0 Å². The van der Waals surface area contributed by atoms with Gasteiger partial charge in [-0.15, -0.1) is 0 Å². The highest BCUT2D eigenvalue weighted by atomic mass is 16.5. The molecule has 0 bridgehead atoms. The molecule has 0 aliphatic rings. The van der Waals surface area contributed by atoms with E-state index in [1.165, 1.54) is 10.1 Å². The number of methoxy groups -OCH3 is 7. The van der Waals surface area contributed by atoms with Crippen LogP contribution in [0.1, 0.15) is 30.0 Å². The zero-order valence-corrected chi connectivity index (χ0v) is 47.3. The highest BCUT2D eigenvalue weighted by molar-refractivity contribution is 5.91. The minimum atomic E-state index is -0.0851. The minimum Gasteiger partial charge on any atom is -0.497 e. The lowest BCUT2D eigenvalue weighted by Crippen LogP contribution is -2.29. The number of hydrogen-bond donors (Lipinski definition) is 0. The molecule has 17 heteroatoms. The van der Waals surface area contributed by atoms with Crippen LogP contribution in [0.15, 0.2) is 154 Å². The van der Waals surface area contributed by atoms with E-state index in [2.05, 4.69) is 24.0 Å². The predicted octanol–water partition coefficient (Wildman–Crippen LogP) is 10.1. The van der Waals surface area contributed by atoms with Gasteiger partial charge in [0.25, 0.3) is 16.7 Å². The average Bonchev–Trinajstić information content (AvgIpc) is 3.50. The molecule has 9 rings (SSSR count). The molecule has 420 valence electrons. The van der Waals surface area contributed by atoms with Crippen LogP contribution in [0.3, 0.4) is 0 Å². The minimum absolute atomic E-state index is 0.0503. The van der Waals surface area contributed by atoms with Gasteiger partial charge >= 0.3 is 0 Å². The van der Waals surface area contributed by atoms with Crippen LogP contribution in [0.25, 0.3) is 32.3 Å². The zero-order chi connectivity index (χ0) is 57.3. The van der Waals surface area contributed by atoms with Crippen molar-refractivity contribution in [3.8, 4) is 57.5 Å². The molecule has 0 radical (unpaired) electrons. The average molecular weight is 1090 g/mol. The fourth-order valence-electron chi connectivity index (χ4n) is 8.97. The van der Waals surface area contributed by atoms with Crippen LogP contribution in [-0.2, 0) is 40.9 Å². The number of nitrogens with zero attached hydrogens (tertiary/aromatic N) is 4. The quantitative estimate of drug-likeness (QED) is 0.0668. The highest BCUT2D eigenvalue weighted by Gasteiger charge is 2.17. The first-order valence-corrected chi connectivity index (χ1v) is 25.9. The monoisotopic (exact) mass is 1090 g/mol. The Balaban J connectivity index is 0.000000174. The number of pyridine rings is 3. The maximum atomic E-state index is 12.5. The molecule has 9 aromatic rings. The molecule has 3 aromatic heterocycles. The number of hydrogen-bond acceptors (Lipinski definition) is 14. The summed E-state index contributed by atoms with van der Waals surface area (Å²) in [6.07, 6.45) is 6.24. The Morgan fingerprint density at radius 3 is 1.19 bits per heavy atom. The van der Waals surface area contributed by atoms with Gasteiger partial charge in [0.1, 0.15) is 42.8 Å². The van der Waals surface area contributed by atoms with Gasteiger partial charge < -0.3 is 61.1 Å². The van der Waals surface area contributed by atoms with E-state index < -0.39 is 0 Å². The van der Waals surface area contributed by atoms with E-state index in [9.17, 15) is 14.4 Å². The summed E-state index contributed by atoms with van der Waals surface area (Å²) in [5, 5.41) is 4.02. The molecule has 0 atom stereocenters. The molecule has 0 unspecified atom stereocenters. The van der Waals surface area contributed by atoms with E-state index in [-0.39, 0.29) is 23.3 Å². The van der Waals surface area contributed by atoms with Crippen molar-refractivity contribution in [2.24, 2.45) is 21.1 Å². The van der Waals surface area contributed by atoms with Gasteiger partial charge in [-0.1, -0.05) is 31.2 Å². The molecule has 6 aromatic carbocycles. The van der Waals surface area contributed by atoms with E-state index >= 15 is 0 Å². The smallest absolute Gasteiger partial charge is 0.258 e. The van der Waals surface area contributed by atoms with Crippen LogP contribution in [0.5, 0.6) is 57.5 Å². The molecular formula is C63H70N4O13. The molecule has 3 heterocycles. The van der Waals surface area contributed by atoms with Gasteiger partial charge in [-0.2, -0.15) is 0 Å². The van der Waals surface area contributed by atoms with Crippen molar-refractivity contribution in [1.29, 1.82) is 0 Å². The number of benzene rings is 6. The van der Waals surface area contributed by atoms with Crippen LogP contribution in [0, 0.1) is 0 Å². The van der Waals surface area contributed by atoms with Gasteiger partial charge in [0.05, 0.1) is 65.9 Å². The summed E-state index contributed by atoms with van der Waals surface area (Å²) >= 11 is 0. The van der Waals surface area contributed by atoms with Crippen molar-refractivity contribution in [2.45, 2.75) is 33.1 Å². The fourth-order valence-corrected chi connectivity index (χ4v) is 8.97. The third kappa shape index (κ3) is 14.1. The van der Waals surface area contributed by atoms with E-state index in [0.29, 0.717) is 80.8 Å². The summed E-state index contributed by atoms with van der Waals surface area (Å²) in [6, 6.07) is 37.5. The standard InChI is InChI=1S/C24H30N2O4.C20H21NO5.C19H19NO4/c1-5-12-26(17-18-7-6-8-19(16-18)28-3)14-15-30-23-20-11-13-25(2)24(27)21(20)9-10-22(23)29-4;1-21-8-7-16-17(20(21)22)5-6-18(25-4)19(16)26-12-13-9-14(23-2)11-15(10-13)24-3;1-20-10-9-15-16(19(20)21)7-8-17(23-3)18(15)24-12-13-5-4-6-14(11-13)22-2/h6-11,13,16H,5,12,14-15,17H2,1-4H3;5-11H,12H2,1-4H3;4-11H,12H2,1-3H3. The van der Waals surface area contributed by atoms with E-state index in [1.54, 1.807) is 141 Å². The molecule has 80 heavy (non-hydrogen) atoms. The van der Waals surface area contributed by atoms with Crippen LogP contribution in [0.2, 0.25) is 0 Å². The van der Waals surface area contributed by atoms with E-state index in [1.807, 2.05) is 66.7 Å². The normalized spacial score (nSPS) is 10.8. The molecule has 0 aliphatic heterocycles. The summed E-state index contributed by atoms with van der Waals surface area (Å²) in [4.78, 5) is 39.4. The number of rotatable bonds is 21. The van der Waals surface area contributed by atoms with Crippen LogP contribution in [-0.4, -0.2) is 88.1 Å². The summed E-state index contributed by atoms with van der Waals surface area (Å²) in [7, 11) is 16.5. The maximum absolute atomic E-state index is 12.5. The first-order chi connectivity index (χ1) is 38.8. The van der Waals surface area contributed by atoms with Gasteiger partial charge in [0.15, 0.2) is 34.5 Å². The van der Waals surface area contributed by atoms with Crippen molar-refractivity contribution in [3.63, 3.8) is 0 Å². The van der Waals surface area contributed by atoms with Gasteiger partial charge in [-0.05, 0) is 121 Å². The van der Waals surface area contributed by atoms with Crippen molar-refractivity contribution in [3.05, 3.63) is 188 Å². The zero-order valence-electron chi connectivity index (χ0n) is 47.3. The Bertz CT molecular complexity index is 3720. The molecule has 0 N–H and O–H groups in total. The number of ether oxygens (including phenoxy) is 10. The topological polar surface area (TPSA) is 162 Å². The van der Waals surface area contributed by atoms with Crippen molar-refractivity contribution < 1.29 is 47.4 Å². The Hall–Kier alpha value is -9.09. The Morgan fingerprint density at radius 2 is 0.775 bits per heavy atom. The predicted molar refractivity (Wildman–Crippen MR) is 312 cm³/mol. The molecule has 0 saturated carbocycles. The Morgan fingerprint density at radius 1 is 0.388 bits per heavy atom. The first-order valence-electron chi connectivity index (χ1n) is 25.9.